The van der Waals surface area contributed by atoms with Crippen LogP contribution in [-0.4, -0.2) is 44.9 Å². The average molecular weight is 477 g/mol. The van der Waals surface area contributed by atoms with Crippen molar-refractivity contribution in [1.29, 1.82) is 0 Å². The van der Waals surface area contributed by atoms with Gasteiger partial charge in [-0.05, 0) is 37.5 Å². The van der Waals surface area contributed by atoms with Gasteiger partial charge in [0.05, 0.1) is 19.2 Å². The third kappa shape index (κ3) is 4.05. The molecule has 0 saturated carbocycles. The Kier molecular flexibility index (Phi) is 6.11. The lowest BCUT2D eigenvalue weighted by molar-refractivity contribution is 0.0595. The van der Waals surface area contributed by atoms with Gasteiger partial charge in [-0.1, -0.05) is 25.1 Å². The quantitative estimate of drug-likeness (QED) is 0.546. The maximum Gasteiger partial charge on any atom is 0.340 e. The predicted molar refractivity (Wildman–Crippen MR) is 120 cm³/mol. The maximum absolute atomic E-state index is 13.1. The van der Waals surface area contributed by atoms with Crippen molar-refractivity contribution in [2.75, 3.05) is 13.7 Å². The van der Waals surface area contributed by atoms with Crippen LogP contribution in [0.4, 0.5) is 0 Å². The molecule has 1 aliphatic rings. The Morgan fingerprint density at radius 3 is 2.75 bits per heavy atom. The van der Waals surface area contributed by atoms with Crippen molar-refractivity contribution in [2.24, 2.45) is 0 Å². The Labute approximate surface area is 190 Å². The van der Waals surface area contributed by atoms with Crippen LogP contribution in [0.2, 0.25) is 0 Å². The van der Waals surface area contributed by atoms with Crippen LogP contribution in [0.5, 0.6) is 0 Å². The minimum atomic E-state index is -3.91. The zero-order valence-electron chi connectivity index (χ0n) is 18.0. The van der Waals surface area contributed by atoms with Crippen LogP contribution in [-0.2, 0) is 27.7 Å². The largest absolute Gasteiger partial charge is 0.465 e. The number of esters is 1. The summed E-state index contributed by atoms with van der Waals surface area (Å²) < 4.78 is 39.1. The van der Waals surface area contributed by atoms with Crippen molar-refractivity contribution < 1.29 is 27.2 Å². The first-order valence-corrected chi connectivity index (χ1v) is 12.6. The minimum absolute atomic E-state index is 0.0623. The molecule has 0 unspecified atom stereocenters. The van der Waals surface area contributed by atoms with E-state index in [4.69, 9.17) is 9.15 Å². The van der Waals surface area contributed by atoms with Crippen LogP contribution >= 0.6 is 11.3 Å². The van der Waals surface area contributed by atoms with Crippen molar-refractivity contribution in [3.05, 3.63) is 52.1 Å². The van der Waals surface area contributed by atoms with Gasteiger partial charge < -0.3 is 14.1 Å². The van der Waals surface area contributed by atoms with E-state index in [0.29, 0.717) is 35.4 Å². The van der Waals surface area contributed by atoms with E-state index in [9.17, 15) is 18.0 Å². The Bertz CT molecular complexity index is 1260. The topological polar surface area (TPSA) is 106 Å². The normalized spacial score (nSPS) is 14.9. The fraction of sp³-hybridized carbons (Fsp3) is 0.364. The van der Waals surface area contributed by atoms with Crippen LogP contribution in [0, 0.1) is 0 Å². The Morgan fingerprint density at radius 2 is 2.06 bits per heavy atom. The van der Waals surface area contributed by atoms with E-state index in [2.05, 4.69) is 4.72 Å². The molecule has 1 atom stereocenters. The summed E-state index contributed by atoms with van der Waals surface area (Å²) in [5.41, 5.74) is 1.32. The molecule has 3 heterocycles. The highest BCUT2D eigenvalue weighted by Crippen LogP contribution is 2.37. The molecule has 32 heavy (non-hydrogen) atoms. The number of sulfonamides is 1. The number of nitrogens with one attached hydrogen (secondary N) is 1. The smallest absolute Gasteiger partial charge is 0.340 e. The third-order valence-corrected chi connectivity index (χ3v) is 8.87. The molecule has 8 nitrogen and oxygen atoms in total. The molecule has 1 N–H and O–H groups in total. The van der Waals surface area contributed by atoms with Crippen LogP contribution in [0.1, 0.15) is 51.6 Å². The van der Waals surface area contributed by atoms with Gasteiger partial charge >= 0.3 is 5.97 Å². The van der Waals surface area contributed by atoms with Crippen molar-refractivity contribution in [3.63, 3.8) is 0 Å². The first-order chi connectivity index (χ1) is 15.2. The minimum Gasteiger partial charge on any atom is -0.465 e. The number of nitrogens with zero attached hydrogens (tertiary/aromatic N) is 1. The maximum atomic E-state index is 13.1. The van der Waals surface area contributed by atoms with Gasteiger partial charge in [0.1, 0.15) is 9.79 Å². The number of thiophene rings is 1. The van der Waals surface area contributed by atoms with E-state index in [1.54, 1.807) is 24.0 Å². The Morgan fingerprint density at radius 1 is 1.31 bits per heavy atom. The fourth-order valence-electron chi connectivity index (χ4n) is 3.69. The fourth-order valence-corrected chi connectivity index (χ4v) is 6.94. The van der Waals surface area contributed by atoms with Crippen LogP contribution in [0.25, 0.3) is 11.0 Å². The highest BCUT2D eigenvalue weighted by Gasteiger charge is 2.36. The number of hydrogen-bond acceptors (Lipinski definition) is 7. The summed E-state index contributed by atoms with van der Waals surface area (Å²) in [6.07, 6.45) is 0.957. The number of amides is 1. The van der Waals surface area contributed by atoms with Crippen molar-refractivity contribution >= 4 is 44.2 Å². The van der Waals surface area contributed by atoms with Gasteiger partial charge in [-0.25, -0.2) is 17.9 Å². The lowest BCUT2D eigenvalue weighted by Crippen LogP contribution is -2.35. The molecule has 1 aromatic carbocycles. The van der Waals surface area contributed by atoms with Crippen LogP contribution < -0.4 is 4.72 Å². The number of ether oxygens (including phenoxy) is 1. The first-order valence-electron chi connectivity index (χ1n) is 10.3. The number of carbonyl (C=O) groups excluding carboxylic acids is 2. The molecule has 0 fully saturated rings. The summed E-state index contributed by atoms with van der Waals surface area (Å²) in [7, 11) is -2.69. The van der Waals surface area contributed by atoms with E-state index in [1.807, 2.05) is 25.1 Å². The molecule has 3 aromatic rings. The van der Waals surface area contributed by atoms with Crippen molar-refractivity contribution in [3.8, 4) is 0 Å². The molecule has 0 saturated heterocycles. The number of rotatable bonds is 6. The van der Waals surface area contributed by atoms with E-state index in [1.165, 1.54) is 7.11 Å². The van der Waals surface area contributed by atoms with Crippen LogP contribution in [0.3, 0.4) is 0 Å². The zero-order chi connectivity index (χ0) is 23.0. The second kappa shape index (κ2) is 8.68. The lowest BCUT2D eigenvalue weighted by atomic mass is 10.0. The molecule has 0 spiro atoms. The molecule has 1 aliphatic heterocycles. The Hall–Kier alpha value is -2.69. The SMILES string of the molecule is CC[C@H](C)NS(=O)(=O)c1sc2c(c1C(=O)OC)CCN(C(=O)c1cc3ccccc3o1)C2. The van der Waals surface area contributed by atoms with Crippen LogP contribution in [0.15, 0.2) is 39.0 Å². The van der Waals surface area contributed by atoms with Gasteiger partial charge in [0.25, 0.3) is 15.9 Å². The summed E-state index contributed by atoms with van der Waals surface area (Å²) in [6, 6.07) is 8.79. The summed E-state index contributed by atoms with van der Waals surface area (Å²) in [6.45, 7) is 4.16. The number of furan rings is 1. The third-order valence-electron chi connectivity index (χ3n) is 5.55. The van der Waals surface area contributed by atoms with E-state index < -0.39 is 16.0 Å². The second-order valence-electron chi connectivity index (χ2n) is 7.71. The number of para-hydroxylation sites is 1. The molecule has 170 valence electrons. The molecule has 2 aromatic heterocycles. The van der Waals surface area contributed by atoms with E-state index in [0.717, 1.165) is 16.7 Å². The number of hydrogen-bond donors (Lipinski definition) is 1. The highest BCUT2D eigenvalue weighted by atomic mass is 32.2. The van der Waals surface area contributed by atoms with Crippen molar-refractivity contribution in [2.45, 2.75) is 43.5 Å². The number of fused-ring (bicyclic) bond motifs is 2. The molecule has 4 rings (SSSR count). The second-order valence-corrected chi connectivity index (χ2v) is 10.7. The molecule has 0 bridgehead atoms. The molecular weight excluding hydrogens is 452 g/mol. The monoisotopic (exact) mass is 476 g/mol. The van der Waals surface area contributed by atoms with E-state index >= 15 is 0 Å². The highest BCUT2D eigenvalue weighted by molar-refractivity contribution is 7.91. The molecule has 0 radical (unpaired) electrons. The lowest BCUT2D eigenvalue weighted by Gasteiger charge is -2.26. The summed E-state index contributed by atoms with van der Waals surface area (Å²) >= 11 is 1.01. The number of methoxy groups -OCH3 is 1. The number of benzene rings is 1. The standard InChI is InChI=1S/C22H24N2O6S2/c1-4-13(2)23-32(27,28)22-19(21(26)29-3)15-9-10-24(12-18(15)31-22)20(25)17-11-14-7-5-6-8-16(14)30-17/h5-8,11,13,23H,4,9-10,12H2,1-3H3/t13-/m0/s1. The number of carbonyl (C=O) groups is 2. The predicted octanol–water partition coefficient (Wildman–Crippen LogP) is 3.56. The van der Waals surface area contributed by atoms with Gasteiger partial charge in [-0.3, -0.25) is 4.79 Å². The van der Waals surface area contributed by atoms with E-state index in [-0.39, 0.29) is 34.0 Å². The van der Waals surface area contributed by atoms with Gasteiger partial charge in [0.15, 0.2) is 5.76 Å². The van der Waals surface area contributed by atoms with Gasteiger partial charge in [-0.2, -0.15) is 0 Å². The Balaban J connectivity index is 1.67. The molecule has 10 heteroatoms. The van der Waals surface area contributed by atoms with Gasteiger partial charge in [-0.15, -0.1) is 11.3 Å². The summed E-state index contributed by atoms with van der Waals surface area (Å²) in [4.78, 5) is 27.8. The zero-order valence-corrected chi connectivity index (χ0v) is 19.6. The first kappa shape index (κ1) is 22.5. The average Bonchev–Trinajstić information content (AvgIpc) is 3.39. The molecule has 1 amide bonds. The van der Waals surface area contributed by atoms with Gasteiger partial charge in [0, 0.05) is 22.8 Å². The molecular formula is C22H24N2O6S2. The molecule has 0 aliphatic carbocycles. The summed E-state index contributed by atoms with van der Waals surface area (Å²) in [5.74, 6) is -0.739. The van der Waals surface area contributed by atoms with Crippen molar-refractivity contribution in [1.82, 2.24) is 9.62 Å². The summed E-state index contributed by atoms with van der Waals surface area (Å²) in [5, 5.41) is 0.835. The van der Waals surface area contributed by atoms with Gasteiger partial charge in [0.2, 0.25) is 0 Å².